The van der Waals surface area contributed by atoms with Gasteiger partial charge in [-0.25, -0.2) is 0 Å². The normalized spacial score (nSPS) is 16.9. The van der Waals surface area contributed by atoms with E-state index in [9.17, 15) is 0 Å². The van der Waals surface area contributed by atoms with E-state index >= 15 is 0 Å². The van der Waals surface area contributed by atoms with Gasteiger partial charge in [-0.05, 0) is 70.2 Å². The van der Waals surface area contributed by atoms with E-state index in [4.69, 9.17) is 5.73 Å². The minimum absolute atomic E-state index is 0.264. The van der Waals surface area contributed by atoms with Gasteiger partial charge in [-0.3, -0.25) is 0 Å². The van der Waals surface area contributed by atoms with Gasteiger partial charge in [-0.1, -0.05) is 11.6 Å². The highest BCUT2D eigenvalue weighted by Gasteiger charge is 2.14. The van der Waals surface area contributed by atoms with Crippen molar-refractivity contribution in [2.45, 2.75) is 31.7 Å². The predicted octanol–water partition coefficient (Wildman–Crippen LogP) is 4.36. The third kappa shape index (κ3) is 3.90. The van der Waals surface area contributed by atoms with E-state index < -0.39 is 0 Å². The fourth-order valence-corrected chi connectivity index (χ4v) is 4.38. The summed E-state index contributed by atoms with van der Waals surface area (Å²) in [4.78, 5) is 1.29. The molecule has 0 aromatic carbocycles. The molecule has 1 aromatic rings. The summed E-state index contributed by atoms with van der Waals surface area (Å²) in [5.74, 6) is 0. The third-order valence-corrected chi connectivity index (χ3v) is 6.59. The van der Waals surface area contributed by atoms with Crippen LogP contribution in [-0.2, 0) is 0 Å². The summed E-state index contributed by atoms with van der Waals surface area (Å²) in [6.07, 6.45) is 7.42. The monoisotopic (exact) mass is 392 g/mol. The van der Waals surface area contributed by atoms with Gasteiger partial charge in [0.1, 0.15) is 0 Å². The van der Waals surface area contributed by atoms with E-state index in [1.807, 2.05) is 0 Å². The Labute approximate surface area is 129 Å². The second-order valence-corrected chi connectivity index (χ2v) is 7.77. The average molecular weight is 394 g/mol. The maximum atomic E-state index is 5.86. The molecule has 1 atom stereocenters. The van der Waals surface area contributed by atoms with Gasteiger partial charge in [-0.2, -0.15) is 0 Å². The third-order valence-electron chi connectivity index (χ3n) is 3.22. The van der Waals surface area contributed by atoms with Gasteiger partial charge >= 0.3 is 0 Å². The van der Waals surface area contributed by atoms with Crippen molar-refractivity contribution in [1.29, 1.82) is 0 Å². The number of thiophene rings is 1. The van der Waals surface area contributed by atoms with Gasteiger partial charge in [-0.15, -0.1) is 11.3 Å². The Balaban J connectivity index is 1.85. The number of nitrogens with one attached hydrogen (secondary N) is 1. The minimum atomic E-state index is 0.264. The molecule has 0 amide bonds. The summed E-state index contributed by atoms with van der Waals surface area (Å²) >= 11 is 8.79. The van der Waals surface area contributed by atoms with Crippen LogP contribution < -0.4 is 11.1 Å². The second-order valence-electron chi connectivity index (χ2n) is 4.52. The van der Waals surface area contributed by atoms with Crippen molar-refractivity contribution >= 4 is 43.2 Å². The molecule has 2 rings (SSSR count). The van der Waals surface area contributed by atoms with Crippen LogP contribution in [0, 0.1) is 0 Å². The fourth-order valence-electron chi connectivity index (χ4n) is 2.21. The highest BCUT2D eigenvalue weighted by Crippen LogP contribution is 2.35. The maximum absolute atomic E-state index is 5.86. The second kappa shape index (κ2) is 7.20. The van der Waals surface area contributed by atoms with Gasteiger partial charge in [0, 0.05) is 15.9 Å². The molecule has 1 aliphatic carbocycles. The molecule has 5 heteroatoms. The lowest BCUT2D eigenvalue weighted by Gasteiger charge is -2.15. The molecular formula is C13H18Br2N2S. The topological polar surface area (TPSA) is 38.0 Å². The first-order valence-corrected chi connectivity index (χ1v) is 8.67. The number of rotatable bonds is 6. The number of halogens is 2. The molecule has 3 N–H and O–H groups in total. The highest BCUT2D eigenvalue weighted by atomic mass is 79.9. The van der Waals surface area contributed by atoms with Gasteiger partial charge in [0.15, 0.2) is 0 Å². The van der Waals surface area contributed by atoms with Crippen molar-refractivity contribution in [3.8, 4) is 0 Å². The first kappa shape index (κ1) is 14.7. The molecule has 1 heterocycles. The lowest BCUT2D eigenvalue weighted by Crippen LogP contribution is -2.28. The quantitative estimate of drug-likeness (QED) is 0.704. The van der Waals surface area contributed by atoms with Crippen LogP contribution in [0.3, 0.4) is 0 Å². The standard InChI is InChI=1S/C13H18Br2N2S/c14-10-7-12(18-13(10)15)11(8-16)17-6-5-9-3-1-2-4-9/h3,7,11,17H,1-2,4-6,8,16H2. The van der Waals surface area contributed by atoms with Crippen molar-refractivity contribution < 1.29 is 0 Å². The van der Waals surface area contributed by atoms with Crippen LogP contribution >= 0.6 is 43.2 Å². The van der Waals surface area contributed by atoms with Crippen molar-refractivity contribution in [1.82, 2.24) is 5.32 Å². The lowest BCUT2D eigenvalue weighted by atomic mass is 10.1. The number of hydrogen-bond acceptors (Lipinski definition) is 3. The van der Waals surface area contributed by atoms with Crippen LogP contribution in [0.5, 0.6) is 0 Å². The largest absolute Gasteiger partial charge is 0.329 e. The van der Waals surface area contributed by atoms with Crippen LogP contribution in [0.4, 0.5) is 0 Å². The zero-order valence-corrected chi connectivity index (χ0v) is 14.2. The summed E-state index contributed by atoms with van der Waals surface area (Å²) in [6, 6.07) is 2.41. The van der Waals surface area contributed by atoms with Crippen molar-refractivity contribution in [2.75, 3.05) is 13.1 Å². The summed E-state index contributed by atoms with van der Waals surface area (Å²) in [5.41, 5.74) is 7.46. The molecule has 0 radical (unpaired) electrons. The molecule has 2 nitrogen and oxygen atoms in total. The van der Waals surface area contributed by atoms with Gasteiger partial charge in [0.2, 0.25) is 0 Å². The van der Waals surface area contributed by atoms with Crippen LogP contribution in [0.1, 0.15) is 36.6 Å². The van der Waals surface area contributed by atoms with E-state index in [0.29, 0.717) is 6.54 Å². The molecular weight excluding hydrogens is 376 g/mol. The van der Waals surface area contributed by atoms with E-state index in [0.717, 1.165) is 21.2 Å². The molecule has 0 bridgehead atoms. The smallest absolute Gasteiger partial charge is 0.0843 e. The first-order valence-electron chi connectivity index (χ1n) is 6.26. The Morgan fingerprint density at radius 1 is 1.44 bits per heavy atom. The van der Waals surface area contributed by atoms with Crippen molar-refractivity contribution in [2.24, 2.45) is 5.73 Å². The Kier molecular flexibility index (Phi) is 5.89. The lowest BCUT2D eigenvalue weighted by molar-refractivity contribution is 0.549. The molecule has 0 fully saturated rings. The van der Waals surface area contributed by atoms with E-state index in [2.05, 4.69) is 49.3 Å². The van der Waals surface area contributed by atoms with Gasteiger partial charge in [0.05, 0.1) is 9.83 Å². The predicted molar refractivity (Wildman–Crippen MR) is 86.1 cm³/mol. The summed E-state index contributed by atoms with van der Waals surface area (Å²) in [5, 5.41) is 3.56. The van der Waals surface area contributed by atoms with Crippen molar-refractivity contribution in [3.05, 3.63) is 30.9 Å². The molecule has 0 aliphatic heterocycles. The molecule has 1 aliphatic rings. The van der Waals surface area contributed by atoms with E-state index in [-0.39, 0.29) is 6.04 Å². The molecule has 18 heavy (non-hydrogen) atoms. The fraction of sp³-hybridized carbons (Fsp3) is 0.538. The zero-order valence-electron chi connectivity index (χ0n) is 10.2. The van der Waals surface area contributed by atoms with Crippen molar-refractivity contribution in [3.63, 3.8) is 0 Å². The Morgan fingerprint density at radius 2 is 2.28 bits per heavy atom. The SMILES string of the molecule is NCC(NCCC1=CCCC1)c1cc(Br)c(Br)s1. The van der Waals surface area contributed by atoms with Crippen LogP contribution in [0.2, 0.25) is 0 Å². The average Bonchev–Trinajstić information content (AvgIpc) is 2.96. The van der Waals surface area contributed by atoms with Crippen LogP contribution in [0.15, 0.2) is 26.0 Å². The molecule has 1 aromatic heterocycles. The molecule has 0 saturated heterocycles. The zero-order chi connectivity index (χ0) is 13.0. The number of allylic oxidation sites excluding steroid dienone is 1. The summed E-state index contributed by atoms with van der Waals surface area (Å²) in [7, 11) is 0. The highest BCUT2D eigenvalue weighted by molar-refractivity contribution is 9.13. The molecule has 1 unspecified atom stereocenters. The van der Waals surface area contributed by atoms with E-state index in [1.54, 1.807) is 16.9 Å². The first-order chi connectivity index (χ1) is 8.70. The van der Waals surface area contributed by atoms with Crippen LogP contribution in [0.25, 0.3) is 0 Å². The maximum Gasteiger partial charge on any atom is 0.0843 e. The molecule has 100 valence electrons. The Hall–Kier alpha value is 0.320. The molecule has 0 saturated carbocycles. The van der Waals surface area contributed by atoms with Gasteiger partial charge < -0.3 is 11.1 Å². The minimum Gasteiger partial charge on any atom is -0.329 e. The number of hydrogen-bond donors (Lipinski definition) is 2. The Morgan fingerprint density at radius 3 is 2.83 bits per heavy atom. The van der Waals surface area contributed by atoms with Gasteiger partial charge in [0.25, 0.3) is 0 Å². The van der Waals surface area contributed by atoms with Crippen LogP contribution in [-0.4, -0.2) is 13.1 Å². The van der Waals surface area contributed by atoms with E-state index in [1.165, 1.54) is 24.1 Å². The summed E-state index contributed by atoms with van der Waals surface area (Å²) in [6.45, 7) is 1.65. The summed E-state index contributed by atoms with van der Waals surface area (Å²) < 4.78 is 2.25. The molecule has 0 spiro atoms. The Bertz CT molecular complexity index is 409. The number of nitrogens with two attached hydrogens (primary N) is 1.